The van der Waals surface area contributed by atoms with Gasteiger partial charge in [0.15, 0.2) is 0 Å². The van der Waals surface area contributed by atoms with Gasteiger partial charge >= 0.3 is 0 Å². The van der Waals surface area contributed by atoms with Crippen molar-refractivity contribution in [3.8, 4) is 5.75 Å². The van der Waals surface area contributed by atoms with Crippen LogP contribution in [0.4, 0.5) is 0 Å². The van der Waals surface area contributed by atoms with Crippen LogP contribution in [0.2, 0.25) is 0 Å². The van der Waals surface area contributed by atoms with Crippen LogP contribution in [0.5, 0.6) is 5.75 Å². The van der Waals surface area contributed by atoms with E-state index >= 15 is 0 Å². The highest BCUT2D eigenvalue weighted by atomic mass is 32.2. The molecule has 1 heterocycles. The molecular formula is C22H23NO6S2. The largest absolute Gasteiger partial charge is 0.492 e. The van der Waals surface area contributed by atoms with E-state index < -0.39 is 32.3 Å². The maximum Gasteiger partial charge on any atom is 0.264 e. The van der Waals surface area contributed by atoms with Crippen LogP contribution < -0.4 is 4.74 Å². The summed E-state index contributed by atoms with van der Waals surface area (Å²) < 4.78 is 62.4. The maximum absolute atomic E-state index is 13.5. The molecule has 1 aliphatic heterocycles. The van der Waals surface area contributed by atoms with E-state index in [0.717, 1.165) is 17.0 Å². The zero-order valence-electron chi connectivity index (χ0n) is 16.9. The first kappa shape index (κ1) is 21.8. The van der Waals surface area contributed by atoms with Crippen LogP contribution in [0.1, 0.15) is 6.42 Å². The number of nitrogens with zero attached hydrogens (tertiary/aromatic N) is 1. The second-order valence-electron chi connectivity index (χ2n) is 7.52. The molecule has 3 aromatic carbocycles. The highest BCUT2D eigenvalue weighted by molar-refractivity contribution is 7.89. The van der Waals surface area contributed by atoms with Gasteiger partial charge in [-0.25, -0.2) is 8.42 Å². The molecule has 0 aromatic heterocycles. The maximum atomic E-state index is 13.5. The topological polar surface area (TPSA) is 90.0 Å². The molecule has 4 rings (SSSR count). The number of sulfonamides is 1. The van der Waals surface area contributed by atoms with Gasteiger partial charge in [0.05, 0.1) is 23.3 Å². The predicted octanol–water partition coefficient (Wildman–Crippen LogP) is 3.03. The SMILES string of the molecule is CS(=O)(=O)O[C@H]1C[C@@H](COc2ccccc2)N(S(=O)(=O)c2ccc3ccccc3c2)C1. The van der Waals surface area contributed by atoms with E-state index in [1.807, 2.05) is 42.5 Å². The third-order valence-electron chi connectivity index (χ3n) is 5.15. The molecule has 1 aliphatic rings. The van der Waals surface area contributed by atoms with Crippen molar-refractivity contribution in [2.24, 2.45) is 0 Å². The fraction of sp³-hybridized carbons (Fsp3) is 0.273. The van der Waals surface area contributed by atoms with Crippen molar-refractivity contribution in [1.82, 2.24) is 4.31 Å². The van der Waals surface area contributed by atoms with Gasteiger partial charge in [0.2, 0.25) is 10.0 Å². The minimum Gasteiger partial charge on any atom is -0.492 e. The molecule has 7 nitrogen and oxygen atoms in total. The second kappa shape index (κ2) is 8.58. The average molecular weight is 462 g/mol. The molecule has 0 radical (unpaired) electrons. The lowest BCUT2D eigenvalue weighted by Gasteiger charge is -2.24. The molecule has 3 aromatic rings. The summed E-state index contributed by atoms with van der Waals surface area (Å²) in [5, 5.41) is 1.74. The van der Waals surface area contributed by atoms with Gasteiger partial charge in [-0.15, -0.1) is 0 Å². The summed E-state index contributed by atoms with van der Waals surface area (Å²) >= 11 is 0. The number of hydrogen-bond acceptors (Lipinski definition) is 6. The number of hydrogen-bond donors (Lipinski definition) is 0. The lowest BCUT2D eigenvalue weighted by molar-refractivity contribution is 0.219. The summed E-state index contributed by atoms with van der Waals surface area (Å²) in [6.07, 6.45) is 0.407. The van der Waals surface area contributed by atoms with Crippen LogP contribution in [-0.2, 0) is 24.3 Å². The summed E-state index contributed by atoms with van der Waals surface area (Å²) in [5.74, 6) is 0.609. The van der Waals surface area contributed by atoms with Crippen LogP contribution in [0.15, 0.2) is 77.7 Å². The first-order chi connectivity index (χ1) is 14.7. The van der Waals surface area contributed by atoms with Crippen molar-refractivity contribution in [2.75, 3.05) is 19.4 Å². The smallest absolute Gasteiger partial charge is 0.264 e. The quantitative estimate of drug-likeness (QED) is 0.503. The Labute approximate surface area is 182 Å². The van der Waals surface area contributed by atoms with Crippen LogP contribution in [0, 0.1) is 0 Å². The first-order valence-corrected chi connectivity index (χ1v) is 13.0. The van der Waals surface area contributed by atoms with E-state index in [2.05, 4.69) is 0 Å². The minimum atomic E-state index is -3.89. The average Bonchev–Trinajstić information content (AvgIpc) is 3.14. The third kappa shape index (κ3) is 5.07. The fourth-order valence-electron chi connectivity index (χ4n) is 3.78. The standard InChI is InChI=1S/C22H23NO6S2/c1-30(24,25)29-21-14-19(16-28-20-9-3-2-4-10-20)23(15-21)31(26,27)22-12-11-17-7-5-6-8-18(17)13-22/h2-13,19,21H,14-16H2,1H3/t19-,21-/m0/s1. The Morgan fingerprint density at radius 1 is 0.903 bits per heavy atom. The van der Waals surface area contributed by atoms with E-state index in [1.165, 1.54) is 4.31 Å². The van der Waals surface area contributed by atoms with Crippen LogP contribution >= 0.6 is 0 Å². The lowest BCUT2D eigenvalue weighted by atomic mass is 10.1. The Morgan fingerprint density at radius 3 is 2.29 bits per heavy atom. The summed E-state index contributed by atoms with van der Waals surface area (Å²) in [6, 6.07) is 21.0. The van der Waals surface area contributed by atoms with Gasteiger partial charge in [0.25, 0.3) is 10.1 Å². The summed E-state index contributed by atoms with van der Waals surface area (Å²) in [6.45, 7) is 0.0193. The van der Waals surface area contributed by atoms with Gasteiger partial charge in [-0.05, 0) is 41.5 Å². The Morgan fingerprint density at radius 2 is 1.58 bits per heavy atom. The van der Waals surface area contributed by atoms with Crippen molar-refractivity contribution < 1.29 is 25.8 Å². The van der Waals surface area contributed by atoms with Gasteiger partial charge in [-0.2, -0.15) is 12.7 Å². The highest BCUT2D eigenvalue weighted by Gasteiger charge is 2.42. The number of ether oxygens (including phenoxy) is 1. The fourth-order valence-corrected chi connectivity index (χ4v) is 6.10. The van der Waals surface area contributed by atoms with Gasteiger partial charge in [-0.1, -0.05) is 48.5 Å². The Kier molecular flexibility index (Phi) is 6.02. The Hall–Kier alpha value is -2.46. The molecular weight excluding hydrogens is 438 g/mol. The molecule has 31 heavy (non-hydrogen) atoms. The van der Waals surface area contributed by atoms with E-state index in [9.17, 15) is 16.8 Å². The van der Waals surface area contributed by atoms with Gasteiger partial charge in [-0.3, -0.25) is 4.18 Å². The molecule has 0 spiro atoms. The van der Waals surface area contributed by atoms with Crippen LogP contribution in [-0.4, -0.2) is 52.7 Å². The molecule has 0 unspecified atom stereocenters. The van der Waals surface area contributed by atoms with Gasteiger partial charge < -0.3 is 4.74 Å². The van der Waals surface area contributed by atoms with Crippen molar-refractivity contribution in [1.29, 1.82) is 0 Å². The third-order valence-corrected chi connectivity index (χ3v) is 7.69. The minimum absolute atomic E-state index is 0.0644. The normalized spacial score (nSPS) is 20.2. The van der Waals surface area contributed by atoms with E-state index in [0.29, 0.717) is 5.75 Å². The zero-order valence-corrected chi connectivity index (χ0v) is 18.6. The molecule has 164 valence electrons. The number of rotatable bonds is 7. The highest BCUT2D eigenvalue weighted by Crippen LogP contribution is 2.30. The molecule has 0 bridgehead atoms. The Balaban J connectivity index is 1.63. The van der Waals surface area contributed by atoms with Crippen molar-refractivity contribution >= 4 is 30.9 Å². The summed E-state index contributed by atoms with van der Waals surface area (Å²) in [5.41, 5.74) is 0. The molecule has 1 fully saturated rings. The van der Waals surface area contributed by atoms with E-state index in [4.69, 9.17) is 8.92 Å². The molecule has 0 aliphatic carbocycles. The monoisotopic (exact) mass is 461 g/mol. The first-order valence-electron chi connectivity index (χ1n) is 9.79. The summed E-state index contributed by atoms with van der Waals surface area (Å²) in [4.78, 5) is 0.149. The van der Waals surface area contributed by atoms with Crippen LogP contribution in [0.3, 0.4) is 0 Å². The van der Waals surface area contributed by atoms with E-state index in [-0.39, 0.29) is 24.5 Å². The van der Waals surface area contributed by atoms with Crippen molar-refractivity contribution in [3.63, 3.8) is 0 Å². The number of benzene rings is 3. The molecule has 0 N–H and O–H groups in total. The Bertz CT molecular complexity index is 1280. The van der Waals surface area contributed by atoms with E-state index in [1.54, 1.807) is 30.3 Å². The van der Waals surface area contributed by atoms with Crippen molar-refractivity contribution in [3.05, 3.63) is 72.8 Å². The molecule has 9 heteroatoms. The van der Waals surface area contributed by atoms with Gasteiger partial charge in [0, 0.05) is 6.54 Å². The number of para-hydroxylation sites is 1. The molecule has 2 atom stereocenters. The molecule has 0 saturated carbocycles. The lowest BCUT2D eigenvalue weighted by Crippen LogP contribution is -2.39. The zero-order chi connectivity index (χ0) is 22.1. The number of fused-ring (bicyclic) bond motifs is 1. The van der Waals surface area contributed by atoms with Crippen molar-refractivity contribution in [2.45, 2.75) is 23.5 Å². The molecule has 0 amide bonds. The van der Waals surface area contributed by atoms with Crippen LogP contribution in [0.25, 0.3) is 10.8 Å². The molecule has 1 saturated heterocycles. The van der Waals surface area contributed by atoms with Gasteiger partial charge in [0.1, 0.15) is 12.4 Å². The second-order valence-corrected chi connectivity index (χ2v) is 11.0. The predicted molar refractivity (Wildman–Crippen MR) is 118 cm³/mol. The summed E-state index contributed by atoms with van der Waals surface area (Å²) in [7, 11) is -7.62.